The van der Waals surface area contributed by atoms with Gasteiger partial charge in [0.15, 0.2) is 5.60 Å². The van der Waals surface area contributed by atoms with E-state index in [0.29, 0.717) is 25.6 Å². The minimum absolute atomic E-state index is 0.151. The van der Waals surface area contributed by atoms with Gasteiger partial charge in [-0.25, -0.2) is 9.78 Å². The second kappa shape index (κ2) is 6.29. The molecule has 23 heavy (non-hydrogen) atoms. The smallest absolute Gasteiger partial charge is 0.335 e. The number of aromatic nitrogens is 2. The molecule has 0 amide bonds. The average molecular weight is 322 g/mol. The SMILES string of the molecule is O=C(O)C1(O)CCN(c2nccc(N3CCC[C@@H](O)C3)n2)CC1. The van der Waals surface area contributed by atoms with Crippen LogP contribution in [0.25, 0.3) is 0 Å². The lowest BCUT2D eigenvalue weighted by Crippen LogP contribution is -2.49. The van der Waals surface area contributed by atoms with E-state index in [4.69, 9.17) is 5.11 Å². The number of carbonyl (C=O) groups is 1. The molecular weight excluding hydrogens is 300 g/mol. The Morgan fingerprint density at radius 3 is 2.65 bits per heavy atom. The summed E-state index contributed by atoms with van der Waals surface area (Å²) in [7, 11) is 0. The molecule has 1 aromatic heterocycles. The van der Waals surface area contributed by atoms with Gasteiger partial charge in [-0.2, -0.15) is 4.98 Å². The van der Waals surface area contributed by atoms with Crippen LogP contribution < -0.4 is 9.80 Å². The Balaban J connectivity index is 1.70. The number of anilines is 2. The van der Waals surface area contributed by atoms with Crippen molar-refractivity contribution in [1.29, 1.82) is 0 Å². The standard InChI is InChI=1S/C15H22N4O4/c20-11-2-1-7-19(10-11)12-3-6-16-14(17-12)18-8-4-15(23,5-9-18)13(21)22/h3,6,11,20,23H,1-2,4-5,7-10H2,(H,21,22)/t11-/m1/s1. The molecule has 8 nitrogen and oxygen atoms in total. The Hall–Kier alpha value is -1.93. The lowest BCUT2D eigenvalue weighted by molar-refractivity contribution is -0.160. The summed E-state index contributed by atoms with van der Waals surface area (Å²) in [4.78, 5) is 23.8. The maximum atomic E-state index is 11.1. The number of nitrogens with zero attached hydrogens (tertiary/aromatic N) is 4. The second-order valence-electron chi connectivity index (χ2n) is 6.28. The van der Waals surface area contributed by atoms with Crippen LogP contribution in [0.5, 0.6) is 0 Å². The number of piperidine rings is 2. The first-order valence-corrected chi connectivity index (χ1v) is 7.95. The van der Waals surface area contributed by atoms with Crippen molar-refractivity contribution in [2.45, 2.75) is 37.4 Å². The fraction of sp³-hybridized carbons (Fsp3) is 0.667. The molecule has 2 aliphatic rings. The van der Waals surface area contributed by atoms with Crippen molar-refractivity contribution in [3.63, 3.8) is 0 Å². The fourth-order valence-electron chi connectivity index (χ4n) is 3.12. The van der Waals surface area contributed by atoms with E-state index in [1.165, 1.54) is 0 Å². The number of hydrogen-bond acceptors (Lipinski definition) is 7. The Morgan fingerprint density at radius 2 is 2.00 bits per heavy atom. The minimum atomic E-state index is -1.65. The van der Waals surface area contributed by atoms with Crippen LogP contribution in [0.3, 0.4) is 0 Å². The van der Waals surface area contributed by atoms with E-state index >= 15 is 0 Å². The summed E-state index contributed by atoms with van der Waals surface area (Å²) < 4.78 is 0. The van der Waals surface area contributed by atoms with Crippen LogP contribution in [0.15, 0.2) is 12.3 Å². The number of aliphatic hydroxyl groups is 2. The van der Waals surface area contributed by atoms with Crippen molar-refractivity contribution >= 4 is 17.7 Å². The number of aliphatic hydroxyl groups excluding tert-OH is 1. The fourth-order valence-corrected chi connectivity index (χ4v) is 3.12. The first-order chi connectivity index (χ1) is 11.0. The Kier molecular flexibility index (Phi) is 4.36. The molecule has 126 valence electrons. The van der Waals surface area contributed by atoms with Crippen LogP contribution in [-0.4, -0.2) is 69.1 Å². The number of rotatable bonds is 3. The van der Waals surface area contributed by atoms with Crippen molar-refractivity contribution in [3.8, 4) is 0 Å². The first-order valence-electron chi connectivity index (χ1n) is 7.95. The predicted octanol–water partition coefficient (Wildman–Crippen LogP) is -0.146. The summed E-state index contributed by atoms with van der Waals surface area (Å²) in [6.07, 6.45) is 3.39. The van der Waals surface area contributed by atoms with E-state index in [0.717, 1.165) is 25.2 Å². The maximum Gasteiger partial charge on any atom is 0.335 e. The highest BCUT2D eigenvalue weighted by Gasteiger charge is 2.40. The summed E-state index contributed by atoms with van der Waals surface area (Å²) in [5.41, 5.74) is -1.65. The van der Waals surface area contributed by atoms with E-state index in [9.17, 15) is 15.0 Å². The molecule has 0 saturated carbocycles. The second-order valence-corrected chi connectivity index (χ2v) is 6.28. The van der Waals surface area contributed by atoms with Crippen molar-refractivity contribution in [3.05, 3.63) is 12.3 Å². The largest absolute Gasteiger partial charge is 0.479 e. The molecule has 1 aromatic rings. The van der Waals surface area contributed by atoms with Gasteiger partial charge in [-0.3, -0.25) is 0 Å². The third-order valence-electron chi connectivity index (χ3n) is 4.62. The molecule has 8 heteroatoms. The normalized spacial score (nSPS) is 24.5. The number of carboxylic acids is 1. The van der Waals surface area contributed by atoms with Gasteiger partial charge in [-0.1, -0.05) is 0 Å². The van der Waals surface area contributed by atoms with E-state index in [2.05, 4.69) is 9.97 Å². The Labute approximate surface area is 134 Å². The molecule has 3 rings (SSSR count). The van der Waals surface area contributed by atoms with Gasteiger partial charge in [0.25, 0.3) is 0 Å². The zero-order valence-electron chi connectivity index (χ0n) is 12.9. The number of β-amino-alcohol motifs (C(OH)–C–C–N with tert-alkyl or cyclic N) is 1. The van der Waals surface area contributed by atoms with Crippen LogP contribution in [0, 0.1) is 0 Å². The first kappa shape index (κ1) is 15.9. The summed E-state index contributed by atoms with van der Waals surface area (Å²) in [5.74, 6) is 0.136. The monoisotopic (exact) mass is 322 g/mol. The quantitative estimate of drug-likeness (QED) is 0.705. The van der Waals surface area contributed by atoms with Crippen LogP contribution in [-0.2, 0) is 4.79 Å². The average Bonchev–Trinajstić information content (AvgIpc) is 2.55. The van der Waals surface area contributed by atoms with Gasteiger partial charge < -0.3 is 25.1 Å². The molecule has 2 fully saturated rings. The van der Waals surface area contributed by atoms with Crippen LogP contribution in [0.4, 0.5) is 11.8 Å². The van der Waals surface area contributed by atoms with Crippen LogP contribution in [0.1, 0.15) is 25.7 Å². The molecule has 0 bridgehead atoms. The molecule has 0 spiro atoms. The summed E-state index contributed by atoms with van der Waals surface area (Å²) in [6.45, 7) is 2.21. The zero-order chi connectivity index (χ0) is 16.4. The van der Waals surface area contributed by atoms with Gasteiger partial charge in [-0.15, -0.1) is 0 Å². The number of hydrogen-bond donors (Lipinski definition) is 3. The van der Waals surface area contributed by atoms with Gasteiger partial charge in [-0.05, 0) is 18.9 Å². The van der Waals surface area contributed by atoms with Crippen LogP contribution in [0.2, 0.25) is 0 Å². The van der Waals surface area contributed by atoms with Crippen molar-refractivity contribution in [1.82, 2.24) is 9.97 Å². The lowest BCUT2D eigenvalue weighted by atomic mass is 9.92. The zero-order valence-corrected chi connectivity index (χ0v) is 12.9. The topological polar surface area (TPSA) is 110 Å². The summed E-state index contributed by atoms with van der Waals surface area (Å²) in [6, 6.07) is 1.82. The van der Waals surface area contributed by atoms with Crippen LogP contribution >= 0.6 is 0 Å². The summed E-state index contributed by atoms with van der Waals surface area (Å²) >= 11 is 0. The molecule has 0 unspecified atom stereocenters. The Morgan fingerprint density at radius 1 is 1.26 bits per heavy atom. The third kappa shape index (κ3) is 3.37. The Bertz CT molecular complexity index is 574. The van der Waals surface area contributed by atoms with E-state index < -0.39 is 11.6 Å². The van der Waals surface area contributed by atoms with Gasteiger partial charge >= 0.3 is 5.97 Å². The van der Waals surface area contributed by atoms with E-state index in [-0.39, 0.29) is 18.9 Å². The number of carboxylic acid groups (broad SMARTS) is 1. The number of aliphatic carboxylic acids is 1. The van der Waals surface area contributed by atoms with Crippen molar-refractivity contribution in [2.24, 2.45) is 0 Å². The lowest BCUT2D eigenvalue weighted by Gasteiger charge is -2.36. The molecule has 0 aliphatic carbocycles. The molecule has 0 aromatic carbocycles. The minimum Gasteiger partial charge on any atom is -0.479 e. The molecule has 3 N–H and O–H groups in total. The molecule has 3 heterocycles. The summed E-state index contributed by atoms with van der Waals surface area (Å²) in [5, 5.41) is 28.9. The molecular formula is C15H22N4O4. The van der Waals surface area contributed by atoms with Gasteiger partial charge in [0.2, 0.25) is 5.95 Å². The van der Waals surface area contributed by atoms with Gasteiger partial charge in [0.05, 0.1) is 6.10 Å². The van der Waals surface area contributed by atoms with E-state index in [1.54, 1.807) is 6.20 Å². The molecule has 2 saturated heterocycles. The van der Waals surface area contributed by atoms with Gasteiger partial charge in [0.1, 0.15) is 5.82 Å². The third-order valence-corrected chi connectivity index (χ3v) is 4.62. The highest BCUT2D eigenvalue weighted by atomic mass is 16.4. The molecule has 2 aliphatic heterocycles. The highest BCUT2D eigenvalue weighted by Crippen LogP contribution is 2.26. The predicted molar refractivity (Wildman–Crippen MR) is 83.5 cm³/mol. The van der Waals surface area contributed by atoms with E-state index in [1.807, 2.05) is 15.9 Å². The van der Waals surface area contributed by atoms with Gasteiger partial charge in [0, 0.05) is 45.2 Å². The molecule has 0 radical (unpaired) electrons. The van der Waals surface area contributed by atoms with Crippen molar-refractivity contribution < 1.29 is 20.1 Å². The molecule has 1 atom stereocenters. The van der Waals surface area contributed by atoms with Crippen molar-refractivity contribution in [2.75, 3.05) is 36.0 Å². The highest BCUT2D eigenvalue weighted by molar-refractivity contribution is 5.77. The maximum absolute atomic E-state index is 11.1.